The van der Waals surface area contributed by atoms with Gasteiger partial charge in [0.05, 0.1) is 11.6 Å². The summed E-state index contributed by atoms with van der Waals surface area (Å²) in [5.74, 6) is -2.01. The molecule has 20 heavy (non-hydrogen) atoms. The van der Waals surface area contributed by atoms with Crippen LogP contribution >= 0.6 is 0 Å². The van der Waals surface area contributed by atoms with E-state index in [1.165, 1.54) is 18.2 Å². The Morgan fingerprint density at radius 2 is 1.55 bits per heavy atom. The Hall–Kier alpha value is -1.95. The van der Waals surface area contributed by atoms with Crippen molar-refractivity contribution in [3.8, 4) is 0 Å². The van der Waals surface area contributed by atoms with Crippen LogP contribution in [-0.2, 0) is 6.18 Å². The number of hydrogen-bond donors (Lipinski definition) is 1. The van der Waals surface area contributed by atoms with Crippen LogP contribution in [0.1, 0.15) is 22.7 Å². The molecule has 2 rings (SSSR count). The number of benzene rings is 2. The van der Waals surface area contributed by atoms with Crippen molar-refractivity contribution in [2.24, 2.45) is 5.73 Å². The molecule has 1 unspecified atom stereocenters. The molecule has 0 aliphatic carbocycles. The average Bonchev–Trinajstić information content (AvgIpc) is 2.37. The maximum absolute atomic E-state index is 13.6. The maximum Gasteiger partial charge on any atom is 0.419 e. The van der Waals surface area contributed by atoms with Crippen molar-refractivity contribution in [1.29, 1.82) is 0 Å². The standard InChI is InChI=1S/C14H10F5N/c15-11-4-2-1-3-9(11)13(20)8-5-6-12(16)10(7-8)14(17,18)19/h1-7,13H,20H2. The first-order valence-electron chi connectivity index (χ1n) is 5.67. The van der Waals surface area contributed by atoms with Crippen molar-refractivity contribution in [2.45, 2.75) is 12.2 Å². The number of halogens is 5. The smallest absolute Gasteiger partial charge is 0.320 e. The summed E-state index contributed by atoms with van der Waals surface area (Å²) in [5, 5.41) is 0. The number of rotatable bonds is 2. The molecule has 0 spiro atoms. The fraction of sp³-hybridized carbons (Fsp3) is 0.143. The van der Waals surface area contributed by atoms with Crippen molar-refractivity contribution in [1.82, 2.24) is 0 Å². The van der Waals surface area contributed by atoms with Crippen LogP contribution in [0.3, 0.4) is 0 Å². The average molecular weight is 287 g/mol. The van der Waals surface area contributed by atoms with E-state index in [0.717, 1.165) is 12.1 Å². The van der Waals surface area contributed by atoms with Gasteiger partial charge in [-0.2, -0.15) is 13.2 Å². The van der Waals surface area contributed by atoms with Crippen LogP contribution in [0.15, 0.2) is 42.5 Å². The summed E-state index contributed by atoms with van der Waals surface area (Å²) in [5.41, 5.74) is 4.37. The molecule has 6 heteroatoms. The number of hydrogen-bond acceptors (Lipinski definition) is 1. The molecule has 0 saturated heterocycles. The Morgan fingerprint density at radius 1 is 0.900 bits per heavy atom. The highest BCUT2D eigenvalue weighted by Gasteiger charge is 2.34. The van der Waals surface area contributed by atoms with E-state index >= 15 is 0 Å². The molecule has 2 aromatic rings. The minimum Gasteiger partial charge on any atom is -0.320 e. The van der Waals surface area contributed by atoms with Gasteiger partial charge >= 0.3 is 6.18 Å². The summed E-state index contributed by atoms with van der Waals surface area (Å²) in [6.07, 6.45) is -4.82. The zero-order valence-electron chi connectivity index (χ0n) is 10.1. The highest BCUT2D eigenvalue weighted by Crippen LogP contribution is 2.33. The molecule has 0 aromatic heterocycles. The Morgan fingerprint density at radius 3 is 2.15 bits per heavy atom. The van der Waals surface area contributed by atoms with E-state index in [1.54, 1.807) is 0 Å². The molecule has 2 N–H and O–H groups in total. The summed E-state index contributed by atoms with van der Waals surface area (Å²) in [6.45, 7) is 0. The molecular weight excluding hydrogens is 277 g/mol. The second kappa shape index (κ2) is 5.20. The summed E-state index contributed by atoms with van der Waals surface area (Å²) in [4.78, 5) is 0. The molecule has 0 aliphatic rings. The third-order valence-corrected chi connectivity index (χ3v) is 2.90. The molecule has 0 heterocycles. The lowest BCUT2D eigenvalue weighted by molar-refractivity contribution is -0.140. The van der Waals surface area contributed by atoms with E-state index in [4.69, 9.17) is 5.73 Å². The van der Waals surface area contributed by atoms with Gasteiger partial charge in [0.1, 0.15) is 11.6 Å². The molecule has 0 aliphatic heterocycles. The van der Waals surface area contributed by atoms with Gasteiger partial charge in [0.25, 0.3) is 0 Å². The van der Waals surface area contributed by atoms with Crippen molar-refractivity contribution in [3.05, 3.63) is 70.8 Å². The second-order valence-electron chi connectivity index (χ2n) is 4.24. The number of alkyl halides is 3. The summed E-state index contributed by atoms with van der Waals surface area (Å²) in [7, 11) is 0. The molecule has 1 nitrogen and oxygen atoms in total. The molecule has 0 radical (unpaired) electrons. The van der Waals surface area contributed by atoms with E-state index < -0.39 is 29.4 Å². The normalized spacial score (nSPS) is 13.3. The molecule has 0 saturated carbocycles. The lowest BCUT2D eigenvalue weighted by Crippen LogP contribution is -2.16. The first-order valence-corrected chi connectivity index (χ1v) is 5.67. The summed E-state index contributed by atoms with van der Waals surface area (Å²) >= 11 is 0. The van der Waals surface area contributed by atoms with Gasteiger partial charge in [-0.15, -0.1) is 0 Å². The van der Waals surface area contributed by atoms with E-state index in [0.29, 0.717) is 12.1 Å². The minimum atomic E-state index is -4.82. The fourth-order valence-corrected chi connectivity index (χ4v) is 1.86. The lowest BCUT2D eigenvalue weighted by Gasteiger charge is -2.16. The van der Waals surface area contributed by atoms with Gasteiger partial charge in [-0.3, -0.25) is 0 Å². The van der Waals surface area contributed by atoms with Crippen LogP contribution in [-0.4, -0.2) is 0 Å². The third kappa shape index (κ3) is 2.80. The topological polar surface area (TPSA) is 26.0 Å². The van der Waals surface area contributed by atoms with Gasteiger partial charge < -0.3 is 5.73 Å². The first-order chi connectivity index (χ1) is 9.30. The van der Waals surface area contributed by atoms with Crippen molar-refractivity contribution in [2.75, 3.05) is 0 Å². The quantitative estimate of drug-likeness (QED) is 0.829. The van der Waals surface area contributed by atoms with Crippen molar-refractivity contribution < 1.29 is 22.0 Å². The highest BCUT2D eigenvalue weighted by molar-refractivity contribution is 5.36. The molecule has 0 fully saturated rings. The van der Waals surface area contributed by atoms with E-state index in [1.807, 2.05) is 0 Å². The predicted molar refractivity (Wildman–Crippen MR) is 63.8 cm³/mol. The predicted octanol–water partition coefficient (Wildman–Crippen LogP) is 4.03. The van der Waals surface area contributed by atoms with Crippen LogP contribution in [0.2, 0.25) is 0 Å². The van der Waals surface area contributed by atoms with Crippen molar-refractivity contribution in [3.63, 3.8) is 0 Å². The first kappa shape index (κ1) is 14.5. The number of nitrogens with two attached hydrogens (primary N) is 1. The molecule has 106 valence electrons. The van der Waals surface area contributed by atoms with Crippen LogP contribution in [0.4, 0.5) is 22.0 Å². The highest BCUT2D eigenvalue weighted by atomic mass is 19.4. The van der Waals surface area contributed by atoms with Gasteiger partial charge in [0, 0.05) is 5.56 Å². The van der Waals surface area contributed by atoms with Crippen LogP contribution < -0.4 is 5.73 Å². The van der Waals surface area contributed by atoms with Gasteiger partial charge in [-0.25, -0.2) is 8.78 Å². The molecule has 0 amide bonds. The van der Waals surface area contributed by atoms with Gasteiger partial charge in [-0.1, -0.05) is 24.3 Å². The monoisotopic (exact) mass is 287 g/mol. The zero-order valence-corrected chi connectivity index (χ0v) is 10.1. The molecule has 2 aromatic carbocycles. The van der Waals surface area contributed by atoms with Gasteiger partial charge in [0.2, 0.25) is 0 Å². The fourth-order valence-electron chi connectivity index (χ4n) is 1.86. The SMILES string of the molecule is NC(c1ccc(F)c(C(F)(F)F)c1)c1ccccc1F. The van der Waals surface area contributed by atoms with Crippen LogP contribution in [0.5, 0.6) is 0 Å². The van der Waals surface area contributed by atoms with Crippen LogP contribution in [0, 0.1) is 11.6 Å². The summed E-state index contributed by atoms with van der Waals surface area (Å²) in [6, 6.07) is 6.79. The molecule has 0 bridgehead atoms. The largest absolute Gasteiger partial charge is 0.419 e. The molecular formula is C14H10F5N. The third-order valence-electron chi connectivity index (χ3n) is 2.90. The summed E-state index contributed by atoms with van der Waals surface area (Å²) < 4.78 is 64.6. The van der Waals surface area contributed by atoms with Gasteiger partial charge in [0.15, 0.2) is 0 Å². The van der Waals surface area contributed by atoms with E-state index in [2.05, 4.69) is 0 Å². The molecule has 1 atom stereocenters. The lowest BCUT2D eigenvalue weighted by atomic mass is 9.97. The van der Waals surface area contributed by atoms with Crippen molar-refractivity contribution >= 4 is 0 Å². The maximum atomic E-state index is 13.6. The zero-order chi connectivity index (χ0) is 14.9. The Labute approximate surface area is 111 Å². The second-order valence-corrected chi connectivity index (χ2v) is 4.24. The minimum absolute atomic E-state index is 0.0103. The Kier molecular flexibility index (Phi) is 3.76. The van der Waals surface area contributed by atoms with Crippen LogP contribution in [0.25, 0.3) is 0 Å². The van der Waals surface area contributed by atoms with Gasteiger partial charge in [-0.05, 0) is 23.8 Å². The Balaban J connectivity index is 2.46. The van der Waals surface area contributed by atoms with E-state index in [9.17, 15) is 22.0 Å². The Bertz CT molecular complexity index is 621. The van der Waals surface area contributed by atoms with E-state index in [-0.39, 0.29) is 11.1 Å².